The third-order valence-corrected chi connectivity index (χ3v) is 4.31. The lowest BCUT2D eigenvalue weighted by Crippen LogP contribution is -2.39. The first kappa shape index (κ1) is 17.1. The third kappa shape index (κ3) is 4.44. The number of amides is 1. The number of hydrogen-bond acceptors (Lipinski definition) is 4. The summed E-state index contributed by atoms with van der Waals surface area (Å²) in [4.78, 5) is 13.9. The number of rotatable bonds is 5. The quantitative estimate of drug-likeness (QED) is 0.779. The molecule has 2 atom stereocenters. The zero-order valence-corrected chi connectivity index (χ0v) is 14.1. The molecule has 0 aliphatic carbocycles. The summed E-state index contributed by atoms with van der Waals surface area (Å²) in [5.41, 5.74) is 2.01. The van der Waals surface area contributed by atoms with Gasteiger partial charge in [-0.05, 0) is 18.1 Å². The van der Waals surface area contributed by atoms with E-state index in [1.54, 1.807) is 6.08 Å². The topological polar surface area (TPSA) is 48.0 Å². The minimum atomic E-state index is -0.269. The molecule has 24 heavy (non-hydrogen) atoms. The van der Waals surface area contributed by atoms with Gasteiger partial charge < -0.3 is 19.1 Å². The molecule has 2 aliphatic rings. The van der Waals surface area contributed by atoms with Crippen molar-refractivity contribution in [3.63, 3.8) is 0 Å². The minimum absolute atomic E-state index is 0.0345. The van der Waals surface area contributed by atoms with E-state index in [2.05, 4.69) is 6.92 Å². The molecule has 0 saturated carbocycles. The molecule has 0 spiro atoms. The van der Waals surface area contributed by atoms with E-state index in [-0.39, 0.29) is 18.3 Å². The first-order valence-electron chi connectivity index (χ1n) is 8.68. The predicted octanol–water partition coefficient (Wildman–Crippen LogP) is 2.77. The molecular formula is C19H25NO4. The molecule has 0 radical (unpaired) electrons. The summed E-state index contributed by atoms with van der Waals surface area (Å²) >= 11 is 0. The van der Waals surface area contributed by atoms with Gasteiger partial charge in [0.1, 0.15) is 0 Å². The number of hydrogen-bond donors (Lipinski definition) is 0. The van der Waals surface area contributed by atoms with Crippen molar-refractivity contribution in [2.75, 3.05) is 32.9 Å². The Kier molecular flexibility index (Phi) is 6.01. The second-order valence-electron chi connectivity index (χ2n) is 6.15. The van der Waals surface area contributed by atoms with E-state index in [1.807, 2.05) is 35.2 Å². The van der Waals surface area contributed by atoms with Crippen LogP contribution in [0.15, 0.2) is 30.3 Å². The number of carbonyl (C=O) groups is 1. The highest BCUT2D eigenvalue weighted by molar-refractivity contribution is 5.91. The van der Waals surface area contributed by atoms with Gasteiger partial charge in [0.05, 0.1) is 25.9 Å². The van der Waals surface area contributed by atoms with Crippen molar-refractivity contribution in [3.05, 3.63) is 41.5 Å². The van der Waals surface area contributed by atoms with E-state index >= 15 is 0 Å². The second-order valence-corrected chi connectivity index (χ2v) is 6.15. The maximum absolute atomic E-state index is 12.1. The van der Waals surface area contributed by atoms with Crippen LogP contribution >= 0.6 is 0 Å². The lowest BCUT2D eigenvalue weighted by Gasteiger charge is -2.25. The monoisotopic (exact) mass is 331 g/mol. The van der Waals surface area contributed by atoms with Gasteiger partial charge >= 0.3 is 0 Å². The number of carbonyl (C=O) groups excluding carboxylic acids is 1. The van der Waals surface area contributed by atoms with Gasteiger partial charge in [0, 0.05) is 24.7 Å². The summed E-state index contributed by atoms with van der Waals surface area (Å²) in [6.45, 7) is 5.38. The molecule has 2 aliphatic heterocycles. The van der Waals surface area contributed by atoms with Crippen molar-refractivity contribution >= 4 is 12.0 Å². The normalized spacial score (nSPS) is 24.6. The molecule has 1 amide bonds. The molecule has 0 N–H and O–H groups in total. The first-order valence-corrected chi connectivity index (χ1v) is 8.68. The molecule has 1 aromatic rings. The van der Waals surface area contributed by atoms with Crippen LogP contribution in [-0.2, 0) is 19.0 Å². The maximum Gasteiger partial charge on any atom is 0.246 e. The van der Waals surface area contributed by atoms with E-state index in [0.717, 1.165) is 24.0 Å². The Morgan fingerprint density at radius 1 is 1.25 bits per heavy atom. The van der Waals surface area contributed by atoms with Crippen molar-refractivity contribution in [1.29, 1.82) is 0 Å². The van der Waals surface area contributed by atoms with Crippen LogP contribution in [0.4, 0.5) is 0 Å². The minimum Gasteiger partial charge on any atom is -0.378 e. The van der Waals surface area contributed by atoms with Gasteiger partial charge in [-0.1, -0.05) is 37.6 Å². The molecule has 2 fully saturated rings. The fraction of sp³-hybridized carbons (Fsp3) is 0.526. The fourth-order valence-corrected chi connectivity index (χ4v) is 2.92. The van der Waals surface area contributed by atoms with Crippen molar-refractivity contribution in [2.45, 2.75) is 32.2 Å². The summed E-state index contributed by atoms with van der Waals surface area (Å²) in [6.07, 6.45) is 5.53. The Morgan fingerprint density at radius 3 is 2.71 bits per heavy atom. The van der Waals surface area contributed by atoms with Crippen LogP contribution in [0.25, 0.3) is 6.08 Å². The Bertz CT molecular complexity index is 563. The fourth-order valence-electron chi connectivity index (χ4n) is 2.92. The van der Waals surface area contributed by atoms with Gasteiger partial charge in [0.2, 0.25) is 5.91 Å². The second kappa shape index (κ2) is 8.42. The number of nitrogens with zero attached hydrogens (tertiary/aromatic N) is 1. The summed E-state index contributed by atoms with van der Waals surface area (Å²) in [7, 11) is 0. The largest absolute Gasteiger partial charge is 0.378 e. The Labute approximate surface area is 143 Å². The van der Waals surface area contributed by atoms with Gasteiger partial charge in [-0.25, -0.2) is 0 Å². The van der Waals surface area contributed by atoms with Crippen molar-refractivity contribution in [2.24, 2.45) is 0 Å². The van der Waals surface area contributed by atoms with Crippen molar-refractivity contribution in [1.82, 2.24) is 4.90 Å². The van der Waals surface area contributed by atoms with Gasteiger partial charge in [-0.2, -0.15) is 0 Å². The maximum atomic E-state index is 12.1. The highest BCUT2D eigenvalue weighted by Crippen LogP contribution is 2.28. The SMILES string of the molecule is CCCC1COC(c2ccc(C=CC(=O)N3CCOCC3)cc2)O1. The van der Waals surface area contributed by atoms with E-state index in [1.165, 1.54) is 0 Å². The molecule has 5 nitrogen and oxygen atoms in total. The third-order valence-electron chi connectivity index (χ3n) is 4.31. The molecule has 2 heterocycles. The van der Waals surface area contributed by atoms with Crippen LogP contribution in [-0.4, -0.2) is 49.8 Å². The Hall–Kier alpha value is -1.69. The molecule has 3 rings (SSSR count). The summed E-state index contributed by atoms with van der Waals surface area (Å²) < 4.78 is 16.9. The first-order chi connectivity index (χ1) is 11.8. The zero-order valence-electron chi connectivity index (χ0n) is 14.1. The van der Waals surface area contributed by atoms with Crippen LogP contribution in [0.3, 0.4) is 0 Å². The summed E-state index contributed by atoms with van der Waals surface area (Å²) in [6, 6.07) is 7.96. The van der Waals surface area contributed by atoms with Crippen molar-refractivity contribution < 1.29 is 19.0 Å². The lowest BCUT2D eigenvalue weighted by atomic mass is 10.1. The molecule has 5 heteroatoms. The average Bonchev–Trinajstić information content (AvgIpc) is 3.10. The lowest BCUT2D eigenvalue weighted by molar-refractivity contribution is -0.129. The van der Waals surface area contributed by atoms with Crippen LogP contribution in [0.2, 0.25) is 0 Å². The van der Waals surface area contributed by atoms with Gasteiger partial charge in [-0.15, -0.1) is 0 Å². The molecule has 1 aromatic carbocycles. The number of morpholine rings is 1. The highest BCUT2D eigenvalue weighted by atomic mass is 16.7. The Balaban J connectivity index is 1.54. The van der Waals surface area contributed by atoms with Crippen LogP contribution in [0.1, 0.15) is 37.2 Å². The van der Waals surface area contributed by atoms with Crippen LogP contribution in [0.5, 0.6) is 0 Å². The average molecular weight is 331 g/mol. The van der Waals surface area contributed by atoms with Gasteiger partial charge in [0.25, 0.3) is 0 Å². The van der Waals surface area contributed by atoms with Gasteiger partial charge in [-0.3, -0.25) is 4.79 Å². The molecule has 0 bridgehead atoms. The Morgan fingerprint density at radius 2 is 2.00 bits per heavy atom. The highest BCUT2D eigenvalue weighted by Gasteiger charge is 2.26. The van der Waals surface area contributed by atoms with E-state index in [9.17, 15) is 4.79 Å². The molecule has 2 saturated heterocycles. The summed E-state index contributed by atoms with van der Waals surface area (Å²) in [5.74, 6) is 0.0345. The number of benzene rings is 1. The van der Waals surface area contributed by atoms with Crippen molar-refractivity contribution in [3.8, 4) is 0 Å². The van der Waals surface area contributed by atoms with Gasteiger partial charge in [0.15, 0.2) is 6.29 Å². The zero-order chi connectivity index (χ0) is 16.8. The van der Waals surface area contributed by atoms with E-state index < -0.39 is 0 Å². The van der Waals surface area contributed by atoms with E-state index in [4.69, 9.17) is 14.2 Å². The van der Waals surface area contributed by atoms with Crippen LogP contribution in [0, 0.1) is 0 Å². The summed E-state index contributed by atoms with van der Waals surface area (Å²) in [5, 5.41) is 0. The smallest absolute Gasteiger partial charge is 0.246 e. The molecule has 130 valence electrons. The van der Waals surface area contributed by atoms with Crippen LogP contribution < -0.4 is 0 Å². The molecule has 2 unspecified atom stereocenters. The van der Waals surface area contributed by atoms with E-state index in [0.29, 0.717) is 32.9 Å². The molecular weight excluding hydrogens is 306 g/mol. The molecule has 0 aromatic heterocycles. The standard InChI is InChI=1S/C19H25NO4/c1-2-3-17-14-23-19(24-17)16-7-4-15(5-8-16)6-9-18(21)20-10-12-22-13-11-20/h4-9,17,19H,2-3,10-14H2,1H3. The predicted molar refractivity (Wildman–Crippen MR) is 91.3 cm³/mol. The number of ether oxygens (including phenoxy) is 3.